The highest BCUT2D eigenvalue weighted by molar-refractivity contribution is 5.53. The second-order valence-corrected chi connectivity index (χ2v) is 4.86. The van der Waals surface area contributed by atoms with Gasteiger partial charge in [-0.25, -0.2) is 0 Å². The molecule has 2 aromatic rings. The third-order valence-electron chi connectivity index (χ3n) is 3.07. The minimum atomic E-state index is 0.131. The first-order chi connectivity index (χ1) is 9.67. The molecular weight excluding hydrogens is 244 g/mol. The molecule has 0 N–H and O–H groups in total. The number of hydrogen-bond acceptors (Lipinski definition) is 1. The maximum absolute atomic E-state index is 10.4. The van der Waals surface area contributed by atoms with E-state index in [9.17, 15) is 4.79 Å². The lowest BCUT2D eigenvalue weighted by molar-refractivity contribution is -0.110. The van der Waals surface area contributed by atoms with Crippen LogP contribution in [-0.2, 0) is 11.2 Å². The van der Waals surface area contributed by atoms with Gasteiger partial charge in [0.05, 0.1) is 0 Å². The maximum Gasteiger partial charge on any atom is 0.123 e. The summed E-state index contributed by atoms with van der Waals surface area (Å²) in [6.45, 7) is 7.65. The molecule has 0 aliphatic carbocycles. The van der Waals surface area contributed by atoms with Crippen LogP contribution in [0.2, 0.25) is 0 Å². The average Bonchev–Trinajstić information content (AvgIpc) is 2.51. The molecule has 0 fully saturated rings. The molecule has 1 heteroatoms. The Morgan fingerprint density at radius 1 is 1.05 bits per heavy atom. The lowest BCUT2D eigenvalue weighted by atomic mass is 9.99. The summed E-state index contributed by atoms with van der Waals surface area (Å²) in [4.78, 5) is 10.4. The molecular formula is C19H22O. The fourth-order valence-corrected chi connectivity index (χ4v) is 1.82. The van der Waals surface area contributed by atoms with Gasteiger partial charge in [-0.1, -0.05) is 74.2 Å². The van der Waals surface area contributed by atoms with Crippen LogP contribution in [-0.4, -0.2) is 6.29 Å². The molecule has 0 bridgehead atoms. The van der Waals surface area contributed by atoms with E-state index in [4.69, 9.17) is 0 Å². The molecule has 1 unspecified atom stereocenters. The summed E-state index contributed by atoms with van der Waals surface area (Å²) in [6, 6.07) is 18.2. The molecule has 1 nitrogen and oxygen atoms in total. The van der Waals surface area contributed by atoms with Crippen LogP contribution in [0.5, 0.6) is 0 Å². The quantitative estimate of drug-likeness (QED) is 0.733. The Morgan fingerprint density at radius 2 is 1.65 bits per heavy atom. The summed E-state index contributed by atoms with van der Waals surface area (Å²) in [5, 5.41) is 0. The Balaban J connectivity index is 0.000000217. The number of rotatable bonds is 4. The zero-order valence-corrected chi connectivity index (χ0v) is 12.3. The van der Waals surface area contributed by atoms with Crippen LogP contribution in [0.15, 0.2) is 61.2 Å². The molecule has 2 aromatic carbocycles. The Labute approximate surface area is 122 Å². The van der Waals surface area contributed by atoms with Gasteiger partial charge in [-0.2, -0.15) is 0 Å². The zero-order chi connectivity index (χ0) is 14.8. The standard InChI is InChI=1S/C11H14O.C8H8/c1-9(8-12)7-11-6-4-3-5-10(11)2;1-2-8-6-4-3-5-7-8/h3-6,8-9H,7H2,1-2H3;2-7H,1H2. The minimum Gasteiger partial charge on any atom is -0.303 e. The van der Waals surface area contributed by atoms with Crippen molar-refractivity contribution in [3.05, 3.63) is 77.9 Å². The zero-order valence-electron chi connectivity index (χ0n) is 12.3. The van der Waals surface area contributed by atoms with E-state index in [1.807, 2.05) is 55.5 Å². The van der Waals surface area contributed by atoms with E-state index in [2.05, 4.69) is 25.6 Å². The number of aryl methyl sites for hydroxylation is 1. The van der Waals surface area contributed by atoms with Gasteiger partial charge in [0.25, 0.3) is 0 Å². The molecule has 0 saturated carbocycles. The van der Waals surface area contributed by atoms with Gasteiger partial charge < -0.3 is 4.79 Å². The van der Waals surface area contributed by atoms with Crippen molar-refractivity contribution in [2.75, 3.05) is 0 Å². The van der Waals surface area contributed by atoms with Gasteiger partial charge in [-0.15, -0.1) is 0 Å². The van der Waals surface area contributed by atoms with Crippen molar-refractivity contribution < 1.29 is 4.79 Å². The van der Waals surface area contributed by atoms with Gasteiger partial charge in [0.1, 0.15) is 6.29 Å². The number of benzene rings is 2. The maximum atomic E-state index is 10.4. The SMILES string of the molecule is C=Cc1ccccc1.Cc1ccccc1CC(C)C=O. The van der Waals surface area contributed by atoms with Gasteiger partial charge in [-0.3, -0.25) is 0 Å². The number of carbonyl (C=O) groups is 1. The second kappa shape index (κ2) is 8.87. The highest BCUT2D eigenvalue weighted by Gasteiger charge is 2.02. The fourth-order valence-electron chi connectivity index (χ4n) is 1.82. The van der Waals surface area contributed by atoms with Crippen LogP contribution in [0.4, 0.5) is 0 Å². The van der Waals surface area contributed by atoms with Crippen molar-refractivity contribution in [3.63, 3.8) is 0 Å². The summed E-state index contributed by atoms with van der Waals surface area (Å²) < 4.78 is 0. The molecule has 2 rings (SSSR count). The van der Waals surface area contributed by atoms with Gasteiger partial charge in [-0.05, 0) is 30.0 Å². The summed E-state index contributed by atoms with van der Waals surface area (Å²) in [5.74, 6) is 0.131. The molecule has 0 saturated heterocycles. The number of hydrogen-bond donors (Lipinski definition) is 0. The highest BCUT2D eigenvalue weighted by Crippen LogP contribution is 2.11. The van der Waals surface area contributed by atoms with Crippen molar-refractivity contribution in [2.45, 2.75) is 20.3 Å². The third-order valence-corrected chi connectivity index (χ3v) is 3.07. The highest BCUT2D eigenvalue weighted by atomic mass is 16.1. The van der Waals surface area contributed by atoms with Gasteiger partial charge >= 0.3 is 0 Å². The fraction of sp³-hybridized carbons (Fsp3) is 0.211. The Bertz CT molecular complexity index is 528. The van der Waals surface area contributed by atoms with Crippen LogP contribution in [0.25, 0.3) is 6.08 Å². The summed E-state index contributed by atoms with van der Waals surface area (Å²) in [7, 11) is 0. The first-order valence-electron chi connectivity index (χ1n) is 6.84. The van der Waals surface area contributed by atoms with Crippen molar-refractivity contribution >= 4 is 12.4 Å². The molecule has 0 radical (unpaired) electrons. The molecule has 104 valence electrons. The van der Waals surface area contributed by atoms with Gasteiger partial charge in [0, 0.05) is 5.92 Å². The Morgan fingerprint density at radius 3 is 2.15 bits per heavy atom. The summed E-state index contributed by atoms with van der Waals surface area (Å²) in [6.07, 6.45) is 3.70. The number of carbonyl (C=O) groups excluding carboxylic acids is 1. The predicted molar refractivity (Wildman–Crippen MR) is 86.6 cm³/mol. The van der Waals surface area contributed by atoms with E-state index in [1.54, 1.807) is 0 Å². The van der Waals surface area contributed by atoms with E-state index in [-0.39, 0.29) is 5.92 Å². The van der Waals surface area contributed by atoms with E-state index < -0.39 is 0 Å². The summed E-state index contributed by atoms with van der Waals surface area (Å²) in [5.41, 5.74) is 3.72. The Hall–Kier alpha value is -2.15. The third kappa shape index (κ3) is 5.66. The summed E-state index contributed by atoms with van der Waals surface area (Å²) >= 11 is 0. The smallest absolute Gasteiger partial charge is 0.123 e. The van der Waals surface area contributed by atoms with Crippen molar-refractivity contribution in [3.8, 4) is 0 Å². The van der Waals surface area contributed by atoms with Crippen LogP contribution in [0.3, 0.4) is 0 Å². The lowest BCUT2D eigenvalue weighted by Gasteiger charge is -2.06. The normalized spacial score (nSPS) is 10.9. The molecule has 20 heavy (non-hydrogen) atoms. The molecule has 0 aliphatic rings. The topological polar surface area (TPSA) is 17.1 Å². The van der Waals surface area contributed by atoms with Gasteiger partial charge in [0.2, 0.25) is 0 Å². The molecule has 0 aromatic heterocycles. The predicted octanol–water partition coefficient (Wildman–Crippen LogP) is 4.70. The van der Waals surface area contributed by atoms with E-state index >= 15 is 0 Å². The number of aldehydes is 1. The van der Waals surface area contributed by atoms with Crippen LogP contribution in [0.1, 0.15) is 23.6 Å². The molecule has 0 heterocycles. The van der Waals surface area contributed by atoms with Crippen molar-refractivity contribution in [1.29, 1.82) is 0 Å². The lowest BCUT2D eigenvalue weighted by Crippen LogP contribution is -2.01. The second-order valence-electron chi connectivity index (χ2n) is 4.86. The minimum absolute atomic E-state index is 0.131. The van der Waals surface area contributed by atoms with E-state index in [1.165, 1.54) is 16.7 Å². The van der Waals surface area contributed by atoms with Gasteiger partial charge in [0.15, 0.2) is 0 Å². The molecule has 0 spiro atoms. The average molecular weight is 266 g/mol. The van der Waals surface area contributed by atoms with E-state index in [0.717, 1.165) is 12.7 Å². The van der Waals surface area contributed by atoms with E-state index in [0.29, 0.717) is 0 Å². The molecule has 0 amide bonds. The molecule has 0 aliphatic heterocycles. The first kappa shape index (κ1) is 15.9. The first-order valence-corrected chi connectivity index (χ1v) is 6.84. The largest absolute Gasteiger partial charge is 0.303 e. The van der Waals surface area contributed by atoms with Crippen molar-refractivity contribution in [1.82, 2.24) is 0 Å². The van der Waals surface area contributed by atoms with Crippen molar-refractivity contribution in [2.24, 2.45) is 5.92 Å². The van der Waals surface area contributed by atoms with Crippen LogP contribution < -0.4 is 0 Å². The van der Waals surface area contributed by atoms with Crippen LogP contribution >= 0.6 is 0 Å². The monoisotopic (exact) mass is 266 g/mol. The van der Waals surface area contributed by atoms with Crippen LogP contribution in [0, 0.1) is 12.8 Å². The Kier molecular flexibility index (Phi) is 7.05. The molecule has 1 atom stereocenters.